The summed E-state index contributed by atoms with van der Waals surface area (Å²) in [4.78, 5) is 59.4. The summed E-state index contributed by atoms with van der Waals surface area (Å²) in [6.45, 7) is 0.195. The van der Waals surface area contributed by atoms with Gasteiger partial charge in [-0.05, 0) is 12.8 Å². The minimum absolute atomic E-state index is 0. The zero-order valence-electron chi connectivity index (χ0n) is 15.4. The van der Waals surface area contributed by atoms with Crippen molar-refractivity contribution in [2.45, 2.75) is 30.8 Å². The Balaban J connectivity index is 0. The number of hydrogen-bond donors (Lipinski definition) is 6. The number of hydrogen-bond acceptors (Lipinski definition) is 8. The molecule has 0 aliphatic rings. The summed E-state index contributed by atoms with van der Waals surface area (Å²) in [6.07, 6.45) is -1.48. The molecule has 0 aromatic heterocycles. The van der Waals surface area contributed by atoms with Gasteiger partial charge in [-0.25, -0.2) is 0 Å². The van der Waals surface area contributed by atoms with Crippen molar-refractivity contribution in [1.82, 2.24) is 5.32 Å². The maximum absolute atomic E-state index is 11.5. The van der Waals surface area contributed by atoms with Crippen LogP contribution in [0.25, 0.3) is 0 Å². The monoisotopic (exact) mass is 459 g/mol. The fourth-order valence-electron chi connectivity index (χ4n) is 1.74. The predicted octanol–water partition coefficient (Wildman–Crippen LogP) is -4.85. The molecule has 0 saturated carbocycles. The van der Waals surface area contributed by atoms with Crippen LogP contribution in [0.1, 0.15) is 25.7 Å². The smallest absolute Gasteiger partial charge is 0.776 e. The molecule has 0 aliphatic carbocycles. The topological polar surface area (TPSA) is 223 Å². The van der Waals surface area contributed by atoms with Crippen molar-refractivity contribution in [2.75, 3.05) is 33.0 Å². The van der Waals surface area contributed by atoms with Gasteiger partial charge in [-0.15, -0.1) is 0 Å². The molecular formula is C12H24NNaO12P2. The number of amides is 1. The van der Waals surface area contributed by atoms with E-state index in [0.717, 1.165) is 0 Å². The number of nitrogens with one attached hydrogen (secondary N) is 1. The van der Waals surface area contributed by atoms with E-state index >= 15 is 0 Å². The van der Waals surface area contributed by atoms with Crippen molar-refractivity contribution >= 4 is 27.1 Å². The van der Waals surface area contributed by atoms with E-state index in [0.29, 0.717) is 0 Å². The Morgan fingerprint density at radius 2 is 1.50 bits per heavy atom. The number of carboxylic acids is 1. The Hall–Kier alpha value is 0.120. The zero-order valence-corrected chi connectivity index (χ0v) is 19.1. The first kappa shape index (κ1) is 30.3. The third kappa shape index (κ3) is 12.0. The van der Waals surface area contributed by atoms with Gasteiger partial charge >= 0.3 is 43.1 Å². The third-order valence-electron chi connectivity index (χ3n) is 3.24. The van der Waals surface area contributed by atoms with Gasteiger partial charge < -0.3 is 49.1 Å². The van der Waals surface area contributed by atoms with Crippen LogP contribution in [0.5, 0.6) is 0 Å². The van der Waals surface area contributed by atoms with Crippen LogP contribution in [-0.4, -0.2) is 74.8 Å². The number of carbonyl (C=O) groups excluding carboxylic acids is 1. The molecule has 28 heavy (non-hydrogen) atoms. The zero-order chi connectivity index (χ0) is 21.1. The number of carboxylic acid groups (broad SMARTS) is 1. The van der Waals surface area contributed by atoms with E-state index in [1.54, 1.807) is 0 Å². The molecule has 2 atom stereocenters. The van der Waals surface area contributed by atoms with E-state index in [2.05, 4.69) is 5.32 Å². The van der Waals surface area contributed by atoms with Gasteiger partial charge in [0.15, 0.2) is 7.60 Å². The van der Waals surface area contributed by atoms with Crippen LogP contribution in [0.3, 0.4) is 0 Å². The normalized spacial score (nSPS) is 15.8. The summed E-state index contributed by atoms with van der Waals surface area (Å²) >= 11 is 0. The molecule has 13 nitrogen and oxygen atoms in total. The largest absolute Gasteiger partial charge is 1.00 e. The Bertz CT molecular complexity index is 555. The fourth-order valence-corrected chi connectivity index (χ4v) is 3.95. The van der Waals surface area contributed by atoms with Gasteiger partial charge in [0.1, 0.15) is 0 Å². The van der Waals surface area contributed by atoms with Crippen molar-refractivity contribution in [3.63, 3.8) is 0 Å². The molecule has 16 heteroatoms. The van der Waals surface area contributed by atoms with Crippen molar-refractivity contribution in [3.05, 3.63) is 0 Å². The molecule has 2 unspecified atom stereocenters. The first-order chi connectivity index (χ1) is 12.3. The molecule has 0 radical (unpaired) electrons. The average molecular weight is 459 g/mol. The fraction of sp³-hybridized carbons (Fsp3) is 0.833. The first-order valence-corrected chi connectivity index (χ1v) is 11.0. The summed E-state index contributed by atoms with van der Waals surface area (Å²) in [5.74, 6) is -1.47. The summed E-state index contributed by atoms with van der Waals surface area (Å²) in [5, 5.41) is 16.7. The summed E-state index contributed by atoms with van der Waals surface area (Å²) < 4.78 is 32.2. The van der Waals surface area contributed by atoms with Gasteiger partial charge in [-0.1, -0.05) is 0 Å². The van der Waals surface area contributed by atoms with Gasteiger partial charge in [-0.2, -0.15) is 0 Å². The van der Waals surface area contributed by atoms with Gasteiger partial charge in [0.05, 0.1) is 32.8 Å². The number of carbonyl (C=O) groups is 2. The van der Waals surface area contributed by atoms with Crippen LogP contribution >= 0.6 is 15.2 Å². The molecule has 0 fully saturated rings. The van der Waals surface area contributed by atoms with E-state index in [-0.39, 0.29) is 81.8 Å². The van der Waals surface area contributed by atoms with Gasteiger partial charge in [0, 0.05) is 13.0 Å². The molecule has 160 valence electrons. The van der Waals surface area contributed by atoms with Crippen molar-refractivity contribution in [3.8, 4) is 0 Å². The molecule has 1 amide bonds. The summed E-state index contributed by atoms with van der Waals surface area (Å²) in [5.41, 5.74) is 0. The molecule has 0 spiro atoms. The standard InChI is InChI=1S/C12H25NO12P2.Na/c14-10(2-6-24-8-9-25-7-3-11(15)16)13-5-1-4-12(17,26(18,19)20)27(21,22)23;/h17H,1-9H2,(H,13,14)(H,15,16)(H2,18,19,20)(H2,21,22,23);/q;+1/p-1. The van der Waals surface area contributed by atoms with Crippen LogP contribution < -0.4 is 39.8 Å². The van der Waals surface area contributed by atoms with E-state index < -0.39 is 38.6 Å². The Kier molecular flexibility index (Phi) is 15.4. The molecule has 0 aromatic rings. The minimum atomic E-state index is -5.75. The van der Waals surface area contributed by atoms with Crippen LogP contribution in [0.4, 0.5) is 0 Å². The quantitative estimate of drug-likeness (QED) is 0.0771. The van der Waals surface area contributed by atoms with E-state index in [1.807, 2.05) is 0 Å². The van der Waals surface area contributed by atoms with Crippen molar-refractivity contribution in [2.24, 2.45) is 0 Å². The van der Waals surface area contributed by atoms with E-state index in [1.165, 1.54) is 0 Å². The maximum atomic E-state index is 11.5. The van der Waals surface area contributed by atoms with E-state index in [4.69, 9.17) is 29.3 Å². The number of rotatable bonds is 15. The molecule has 0 aliphatic heterocycles. The molecule has 6 N–H and O–H groups in total. The van der Waals surface area contributed by atoms with Gasteiger partial charge in [-0.3, -0.25) is 14.2 Å². The first-order valence-electron chi connectivity index (χ1n) is 7.77. The maximum Gasteiger partial charge on any atom is 1.00 e. The number of ether oxygens (including phenoxy) is 2. The molecule has 0 rings (SSSR count). The predicted molar refractivity (Wildman–Crippen MR) is 87.6 cm³/mol. The second kappa shape index (κ2) is 14.2. The van der Waals surface area contributed by atoms with Crippen LogP contribution in [0.2, 0.25) is 0 Å². The molecule has 0 aromatic carbocycles. The van der Waals surface area contributed by atoms with Crippen LogP contribution in [-0.2, 0) is 28.2 Å². The van der Waals surface area contributed by atoms with Crippen LogP contribution in [0, 0.1) is 0 Å². The minimum Gasteiger partial charge on any atom is -0.776 e. The second-order valence-corrected chi connectivity index (χ2v) is 9.37. The average Bonchev–Trinajstić information content (AvgIpc) is 2.51. The van der Waals surface area contributed by atoms with Crippen molar-refractivity contribution < 1.29 is 87.5 Å². The SMILES string of the molecule is O=C(O)CCOCCOCCC(=O)NCCCC(O)(P(=O)([O-])O)P(=O)(O)O.[Na+]. The molecule has 0 bridgehead atoms. The molecular weight excluding hydrogens is 435 g/mol. The number of aliphatic carboxylic acids is 1. The van der Waals surface area contributed by atoms with Crippen molar-refractivity contribution in [1.29, 1.82) is 0 Å². The molecule has 0 saturated heterocycles. The summed E-state index contributed by atoms with van der Waals surface area (Å²) in [6, 6.07) is 0. The molecule has 0 heterocycles. The van der Waals surface area contributed by atoms with Crippen LogP contribution in [0.15, 0.2) is 0 Å². The van der Waals surface area contributed by atoms with E-state index in [9.17, 15) is 28.7 Å². The van der Waals surface area contributed by atoms with Gasteiger partial charge in [0.25, 0.3) is 0 Å². The Morgan fingerprint density at radius 1 is 1.00 bits per heavy atom. The second-order valence-electron chi connectivity index (χ2n) is 5.41. The Morgan fingerprint density at radius 3 is 1.93 bits per heavy atom. The number of aliphatic hydroxyl groups is 1. The third-order valence-corrected chi connectivity index (χ3v) is 7.06. The Labute approximate surface area is 183 Å². The summed E-state index contributed by atoms with van der Waals surface area (Å²) in [7, 11) is -11.3. The van der Waals surface area contributed by atoms with Gasteiger partial charge in [0.2, 0.25) is 11.0 Å².